The Morgan fingerprint density at radius 2 is 2.12 bits per heavy atom. The van der Waals surface area contributed by atoms with Crippen molar-refractivity contribution in [1.29, 1.82) is 0 Å². The van der Waals surface area contributed by atoms with E-state index in [0.717, 1.165) is 19.3 Å². The van der Waals surface area contributed by atoms with Crippen LogP contribution in [0, 0.1) is 0 Å². The van der Waals surface area contributed by atoms with Crippen molar-refractivity contribution in [2.75, 3.05) is 39.4 Å². The van der Waals surface area contributed by atoms with Crippen molar-refractivity contribution < 1.29 is 4.74 Å². The molecule has 0 saturated carbocycles. The van der Waals surface area contributed by atoms with Crippen LogP contribution in [0.3, 0.4) is 0 Å². The van der Waals surface area contributed by atoms with E-state index in [-0.39, 0.29) is 0 Å². The fourth-order valence-electron chi connectivity index (χ4n) is 2.97. The minimum atomic E-state index is 0.587. The number of hydrogen-bond donors (Lipinski definition) is 0. The standard InChI is InChI=1S/C13H26N2O/c1-3-16-11-12(2)15-9-8-14-7-5-4-6-13(14)10-15/h12-13H,3-11H2,1-2H3. The third kappa shape index (κ3) is 2.96. The van der Waals surface area contributed by atoms with Crippen molar-refractivity contribution in [2.24, 2.45) is 0 Å². The number of fused-ring (bicyclic) bond motifs is 1. The second-order valence-corrected chi connectivity index (χ2v) is 5.19. The Morgan fingerprint density at radius 3 is 2.94 bits per heavy atom. The maximum atomic E-state index is 5.53. The number of nitrogens with zero attached hydrogens (tertiary/aromatic N) is 2. The van der Waals surface area contributed by atoms with Gasteiger partial charge >= 0.3 is 0 Å². The topological polar surface area (TPSA) is 15.7 Å². The molecule has 2 atom stereocenters. The fourth-order valence-corrected chi connectivity index (χ4v) is 2.97. The third-order valence-electron chi connectivity index (χ3n) is 4.06. The summed E-state index contributed by atoms with van der Waals surface area (Å²) in [5.74, 6) is 0. The second-order valence-electron chi connectivity index (χ2n) is 5.19. The van der Waals surface area contributed by atoms with Crippen LogP contribution in [0.1, 0.15) is 33.1 Å². The van der Waals surface area contributed by atoms with Gasteiger partial charge in [-0.25, -0.2) is 0 Å². The molecule has 0 amide bonds. The lowest BCUT2D eigenvalue weighted by Crippen LogP contribution is -2.57. The number of piperidine rings is 1. The molecule has 0 aromatic carbocycles. The van der Waals surface area contributed by atoms with Crippen LogP contribution in [0.5, 0.6) is 0 Å². The maximum absolute atomic E-state index is 5.53. The molecule has 0 aromatic heterocycles. The molecule has 3 heteroatoms. The van der Waals surface area contributed by atoms with Gasteiger partial charge in [0.25, 0.3) is 0 Å². The number of piperazine rings is 1. The highest BCUT2D eigenvalue weighted by molar-refractivity contribution is 4.86. The lowest BCUT2D eigenvalue weighted by molar-refractivity contribution is 0.00413. The van der Waals surface area contributed by atoms with E-state index >= 15 is 0 Å². The average molecular weight is 226 g/mol. The minimum Gasteiger partial charge on any atom is -0.380 e. The summed E-state index contributed by atoms with van der Waals surface area (Å²) in [6.45, 7) is 11.2. The number of rotatable bonds is 4. The Bertz CT molecular complexity index is 210. The van der Waals surface area contributed by atoms with Gasteiger partial charge in [0, 0.05) is 38.3 Å². The molecular formula is C13H26N2O. The summed E-state index contributed by atoms with van der Waals surface area (Å²) in [4.78, 5) is 5.30. The van der Waals surface area contributed by atoms with Gasteiger partial charge in [-0.2, -0.15) is 0 Å². The Kier molecular flexibility index (Phi) is 4.62. The van der Waals surface area contributed by atoms with Gasteiger partial charge in [-0.1, -0.05) is 6.42 Å². The van der Waals surface area contributed by atoms with Crippen LogP contribution in [0.15, 0.2) is 0 Å². The largest absolute Gasteiger partial charge is 0.380 e. The smallest absolute Gasteiger partial charge is 0.0619 e. The molecule has 3 nitrogen and oxygen atoms in total. The van der Waals surface area contributed by atoms with E-state index in [0.29, 0.717) is 6.04 Å². The van der Waals surface area contributed by atoms with E-state index in [9.17, 15) is 0 Å². The molecule has 2 rings (SSSR count). The summed E-state index contributed by atoms with van der Waals surface area (Å²) in [5.41, 5.74) is 0. The van der Waals surface area contributed by atoms with Crippen molar-refractivity contribution in [1.82, 2.24) is 9.80 Å². The lowest BCUT2D eigenvalue weighted by Gasteiger charge is -2.45. The molecule has 2 aliphatic rings. The van der Waals surface area contributed by atoms with Gasteiger partial charge in [0.2, 0.25) is 0 Å². The van der Waals surface area contributed by atoms with Gasteiger partial charge < -0.3 is 4.74 Å². The van der Waals surface area contributed by atoms with Crippen molar-refractivity contribution in [3.63, 3.8) is 0 Å². The zero-order valence-corrected chi connectivity index (χ0v) is 10.8. The molecule has 0 spiro atoms. The Balaban J connectivity index is 1.79. The van der Waals surface area contributed by atoms with Crippen LogP contribution in [-0.2, 0) is 4.74 Å². The third-order valence-corrected chi connectivity index (χ3v) is 4.06. The zero-order chi connectivity index (χ0) is 11.4. The van der Waals surface area contributed by atoms with E-state index < -0.39 is 0 Å². The maximum Gasteiger partial charge on any atom is 0.0619 e. The van der Waals surface area contributed by atoms with Gasteiger partial charge in [0.05, 0.1) is 6.61 Å². The van der Waals surface area contributed by atoms with Crippen molar-refractivity contribution in [2.45, 2.75) is 45.2 Å². The van der Waals surface area contributed by atoms with Gasteiger partial charge in [-0.05, 0) is 33.2 Å². The molecular weight excluding hydrogens is 200 g/mol. The minimum absolute atomic E-state index is 0.587. The quantitative estimate of drug-likeness (QED) is 0.724. The highest BCUT2D eigenvalue weighted by atomic mass is 16.5. The summed E-state index contributed by atoms with van der Waals surface area (Å²) >= 11 is 0. The first-order valence-corrected chi connectivity index (χ1v) is 6.87. The van der Waals surface area contributed by atoms with E-state index in [1.807, 2.05) is 0 Å². The normalized spacial score (nSPS) is 30.0. The molecule has 94 valence electrons. The Hall–Kier alpha value is -0.120. The van der Waals surface area contributed by atoms with Crippen LogP contribution in [0.4, 0.5) is 0 Å². The highest BCUT2D eigenvalue weighted by Gasteiger charge is 2.30. The van der Waals surface area contributed by atoms with Gasteiger partial charge in [0.15, 0.2) is 0 Å². The molecule has 2 fully saturated rings. The second kappa shape index (κ2) is 5.99. The molecule has 2 saturated heterocycles. The fraction of sp³-hybridized carbons (Fsp3) is 1.00. The van der Waals surface area contributed by atoms with Crippen LogP contribution >= 0.6 is 0 Å². The SMILES string of the molecule is CCOCC(C)N1CCN2CCCCC2C1. The van der Waals surface area contributed by atoms with E-state index in [2.05, 4.69) is 23.6 Å². The van der Waals surface area contributed by atoms with E-state index in [1.54, 1.807) is 0 Å². The van der Waals surface area contributed by atoms with E-state index in [4.69, 9.17) is 4.74 Å². The predicted octanol–water partition coefficient (Wildman–Crippen LogP) is 1.58. The highest BCUT2D eigenvalue weighted by Crippen LogP contribution is 2.22. The predicted molar refractivity (Wildman–Crippen MR) is 66.7 cm³/mol. The van der Waals surface area contributed by atoms with Crippen molar-refractivity contribution in [3.8, 4) is 0 Å². The van der Waals surface area contributed by atoms with Crippen molar-refractivity contribution >= 4 is 0 Å². The first-order valence-electron chi connectivity index (χ1n) is 6.87. The molecule has 2 heterocycles. The van der Waals surface area contributed by atoms with Crippen LogP contribution in [0.2, 0.25) is 0 Å². The number of hydrogen-bond acceptors (Lipinski definition) is 3. The Labute approximate surface area is 99.7 Å². The molecule has 0 radical (unpaired) electrons. The molecule has 0 aliphatic carbocycles. The van der Waals surface area contributed by atoms with Gasteiger partial charge in [-0.3, -0.25) is 9.80 Å². The van der Waals surface area contributed by atoms with Crippen molar-refractivity contribution in [3.05, 3.63) is 0 Å². The molecule has 0 N–H and O–H groups in total. The van der Waals surface area contributed by atoms with Crippen LogP contribution in [-0.4, -0.2) is 61.3 Å². The summed E-state index contributed by atoms with van der Waals surface area (Å²) in [5, 5.41) is 0. The average Bonchev–Trinajstić information content (AvgIpc) is 2.35. The number of ether oxygens (including phenoxy) is 1. The van der Waals surface area contributed by atoms with Gasteiger partial charge in [0.1, 0.15) is 0 Å². The first kappa shape index (κ1) is 12.3. The van der Waals surface area contributed by atoms with E-state index in [1.165, 1.54) is 45.4 Å². The van der Waals surface area contributed by atoms with Crippen LogP contribution < -0.4 is 0 Å². The summed E-state index contributed by atoms with van der Waals surface area (Å²) in [6.07, 6.45) is 4.23. The molecule has 0 bridgehead atoms. The molecule has 0 aromatic rings. The molecule has 16 heavy (non-hydrogen) atoms. The monoisotopic (exact) mass is 226 g/mol. The summed E-state index contributed by atoms with van der Waals surface area (Å²) in [7, 11) is 0. The molecule has 2 aliphatic heterocycles. The first-order chi connectivity index (χ1) is 7.81. The van der Waals surface area contributed by atoms with Gasteiger partial charge in [-0.15, -0.1) is 0 Å². The summed E-state index contributed by atoms with van der Waals surface area (Å²) < 4.78 is 5.53. The lowest BCUT2D eigenvalue weighted by atomic mass is 9.99. The zero-order valence-electron chi connectivity index (χ0n) is 10.8. The Morgan fingerprint density at radius 1 is 1.25 bits per heavy atom. The molecule has 2 unspecified atom stereocenters. The van der Waals surface area contributed by atoms with Crippen LogP contribution in [0.25, 0.3) is 0 Å². The summed E-state index contributed by atoms with van der Waals surface area (Å²) in [6, 6.07) is 1.41.